The first-order valence-electron chi connectivity index (χ1n) is 6.09. The van der Waals surface area contributed by atoms with E-state index in [0.29, 0.717) is 0 Å². The third-order valence-corrected chi connectivity index (χ3v) is 3.05. The average molecular weight is 242 g/mol. The number of pyridine rings is 1. The minimum atomic E-state index is 0.275. The lowest BCUT2D eigenvalue weighted by Gasteiger charge is -2.13. The number of nitrogens with one attached hydrogen (secondary N) is 1. The van der Waals surface area contributed by atoms with Crippen LogP contribution in [0.1, 0.15) is 35.6 Å². The smallest absolute Gasteiger partial charge is 0.132 e. The van der Waals surface area contributed by atoms with Crippen molar-refractivity contribution < 1.29 is 0 Å². The molecule has 1 N–H and O–H groups in total. The predicted molar refractivity (Wildman–Crippen MR) is 71.3 cm³/mol. The van der Waals surface area contributed by atoms with Gasteiger partial charge in [0.25, 0.3) is 0 Å². The van der Waals surface area contributed by atoms with Crippen molar-refractivity contribution in [3.63, 3.8) is 0 Å². The number of hydrogen-bond donors (Lipinski definition) is 1. The molecular weight excluding hydrogens is 224 g/mol. The molecule has 1 unspecified atom stereocenters. The van der Waals surface area contributed by atoms with Gasteiger partial charge in [-0.25, -0.2) is 9.97 Å². The van der Waals surface area contributed by atoms with Gasteiger partial charge in [0.05, 0.1) is 0 Å². The van der Waals surface area contributed by atoms with Gasteiger partial charge in [0, 0.05) is 42.3 Å². The van der Waals surface area contributed by atoms with Gasteiger partial charge in [0.1, 0.15) is 5.82 Å². The summed E-state index contributed by atoms with van der Waals surface area (Å²) < 4.78 is 0. The second kappa shape index (κ2) is 5.69. The van der Waals surface area contributed by atoms with E-state index >= 15 is 0 Å². The molecule has 1 atom stereocenters. The summed E-state index contributed by atoms with van der Waals surface area (Å²) in [6.07, 6.45) is 6.26. The third-order valence-electron chi connectivity index (χ3n) is 3.05. The van der Waals surface area contributed by atoms with Gasteiger partial charge in [-0.2, -0.15) is 0 Å². The Hall–Kier alpha value is -1.81. The van der Waals surface area contributed by atoms with E-state index in [0.717, 1.165) is 29.1 Å². The third kappa shape index (κ3) is 2.90. The van der Waals surface area contributed by atoms with Gasteiger partial charge in [-0.15, -0.1) is 0 Å². The van der Waals surface area contributed by atoms with Crippen molar-refractivity contribution in [2.75, 3.05) is 7.05 Å². The number of aryl methyl sites for hydroxylation is 1. The van der Waals surface area contributed by atoms with Crippen LogP contribution >= 0.6 is 0 Å². The van der Waals surface area contributed by atoms with Crippen molar-refractivity contribution in [1.82, 2.24) is 20.3 Å². The van der Waals surface area contributed by atoms with Gasteiger partial charge in [0.15, 0.2) is 0 Å². The summed E-state index contributed by atoms with van der Waals surface area (Å²) in [5.74, 6) is 0.840. The van der Waals surface area contributed by atoms with Gasteiger partial charge in [-0.1, -0.05) is 6.07 Å². The Morgan fingerprint density at radius 2 is 2.17 bits per heavy atom. The van der Waals surface area contributed by atoms with Crippen LogP contribution in [0.5, 0.6) is 0 Å². The second-order valence-corrected chi connectivity index (χ2v) is 4.38. The molecule has 0 spiro atoms. The monoisotopic (exact) mass is 242 g/mol. The molecule has 0 fully saturated rings. The fourth-order valence-corrected chi connectivity index (χ4v) is 1.88. The molecule has 0 amide bonds. The molecule has 2 aromatic heterocycles. The molecule has 0 saturated carbocycles. The lowest BCUT2D eigenvalue weighted by molar-refractivity contribution is 0.638. The standard InChI is InChI=1S/C14H18N4/c1-10(15-3)13-9-17-14(18-11(13)2)7-12-5-4-6-16-8-12/h4-6,8-10,15H,7H2,1-3H3. The highest BCUT2D eigenvalue weighted by Crippen LogP contribution is 2.14. The minimum Gasteiger partial charge on any atom is -0.313 e. The minimum absolute atomic E-state index is 0.275. The summed E-state index contributed by atoms with van der Waals surface area (Å²) in [5.41, 5.74) is 3.31. The van der Waals surface area contributed by atoms with Gasteiger partial charge in [0.2, 0.25) is 0 Å². The van der Waals surface area contributed by atoms with Crippen molar-refractivity contribution in [2.45, 2.75) is 26.3 Å². The highest BCUT2D eigenvalue weighted by molar-refractivity contribution is 5.22. The molecule has 94 valence electrons. The summed E-state index contributed by atoms with van der Waals surface area (Å²) in [4.78, 5) is 13.1. The van der Waals surface area contributed by atoms with Crippen molar-refractivity contribution in [1.29, 1.82) is 0 Å². The molecule has 2 heterocycles. The fraction of sp³-hybridized carbons (Fsp3) is 0.357. The van der Waals surface area contributed by atoms with Crippen LogP contribution in [0.2, 0.25) is 0 Å². The van der Waals surface area contributed by atoms with Crippen LogP contribution < -0.4 is 5.32 Å². The lowest BCUT2D eigenvalue weighted by Crippen LogP contribution is -2.15. The largest absolute Gasteiger partial charge is 0.313 e. The molecule has 0 bridgehead atoms. The van der Waals surface area contributed by atoms with Crippen LogP contribution in [0.25, 0.3) is 0 Å². The molecule has 4 nitrogen and oxygen atoms in total. The quantitative estimate of drug-likeness (QED) is 0.891. The summed E-state index contributed by atoms with van der Waals surface area (Å²) in [7, 11) is 1.94. The van der Waals surface area contributed by atoms with Crippen LogP contribution in [-0.2, 0) is 6.42 Å². The van der Waals surface area contributed by atoms with E-state index in [1.165, 1.54) is 0 Å². The van der Waals surface area contributed by atoms with E-state index in [1.54, 1.807) is 6.20 Å². The summed E-state index contributed by atoms with van der Waals surface area (Å²) >= 11 is 0. The number of hydrogen-bond acceptors (Lipinski definition) is 4. The molecule has 2 rings (SSSR count). The molecule has 0 radical (unpaired) electrons. The Kier molecular flexibility index (Phi) is 3.99. The predicted octanol–water partition coefficient (Wildman–Crippen LogP) is 2.05. The molecule has 0 aromatic carbocycles. The zero-order valence-corrected chi connectivity index (χ0v) is 11.0. The van der Waals surface area contributed by atoms with E-state index in [2.05, 4.69) is 27.2 Å². The Labute approximate surface area is 108 Å². The Morgan fingerprint density at radius 1 is 1.33 bits per heavy atom. The molecule has 0 aliphatic rings. The molecule has 0 aliphatic heterocycles. The molecular formula is C14H18N4. The zero-order chi connectivity index (χ0) is 13.0. The molecule has 4 heteroatoms. The Bertz CT molecular complexity index is 510. The molecule has 0 aliphatic carbocycles. The summed E-state index contributed by atoms with van der Waals surface area (Å²) in [5, 5.41) is 3.20. The maximum absolute atomic E-state index is 4.56. The number of nitrogens with zero attached hydrogens (tertiary/aromatic N) is 3. The van der Waals surface area contributed by atoms with Crippen LogP contribution in [0.3, 0.4) is 0 Å². The van der Waals surface area contributed by atoms with Gasteiger partial charge in [-0.05, 0) is 32.5 Å². The van der Waals surface area contributed by atoms with Gasteiger partial charge < -0.3 is 5.32 Å². The molecule has 0 saturated heterocycles. The first-order chi connectivity index (χ1) is 8.70. The number of aromatic nitrogens is 3. The maximum Gasteiger partial charge on any atom is 0.132 e. The van der Waals surface area contributed by atoms with E-state index in [1.807, 2.05) is 38.5 Å². The van der Waals surface area contributed by atoms with Crippen molar-refractivity contribution in [3.05, 3.63) is 53.4 Å². The van der Waals surface area contributed by atoms with Crippen LogP contribution in [0.4, 0.5) is 0 Å². The second-order valence-electron chi connectivity index (χ2n) is 4.38. The van der Waals surface area contributed by atoms with Crippen molar-refractivity contribution in [3.8, 4) is 0 Å². The first kappa shape index (κ1) is 12.6. The van der Waals surface area contributed by atoms with Gasteiger partial charge in [-0.3, -0.25) is 4.98 Å². The normalized spacial score (nSPS) is 12.4. The van der Waals surface area contributed by atoms with E-state index in [9.17, 15) is 0 Å². The SMILES string of the molecule is CNC(C)c1cnc(Cc2cccnc2)nc1C. The Morgan fingerprint density at radius 3 is 2.78 bits per heavy atom. The maximum atomic E-state index is 4.56. The average Bonchev–Trinajstić information content (AvgIpc) is 2.39. The zero-order valence-electron chi connectivity index (χ0n) is 11.0. The number of rotatable bonds is 4. The van der Waals surface area contributed by atoms with E-state index < -0.39 is 0 Å². The highest BCUT2D eigenvalue weighted by Gasteiger charge is 2.09. The van der Waals surface area contributed by atoms with Crippen LogP contribution in [0.15, 0.2) is 30.7 Å². The van der Waals surface area contributed by atoms with Crippen molar-refractivity contribution >= 4 is 0 Å². The first-order valence-corrected chi connectivity index (χ1v) is 6.09. The highest BCUT2D eigenvalue weighted by atomic mass is 14.9. The van der Waals surface area contributed by atoms with Crippen LogP contribution in [0, 0.1) is 6.92 Å². The Balaban J connectivity index is 2.19. The van der Waals surface area contributed by atoms with Crippen molar-refractivity contribution in [2.24, 2.45) is 0 Å². The van der Waals surface area contributed by atoms with Crippen LogP contribution in [-0.4, -0.2) is 22.0 Å². The lowest BCUT2D eigenvalue weighted by atomic mass is 10.1. The molecule has 18 heavy (non-hydrogen) atoms. The topological polar surface area (TPSA) is 50.7 Å². The van der Waals surface area contributed by atoms with E-state index in [4.69, 9.17) is 0 Å². The molecule has 2 aromatic rings. The van der Waals surface area contributed by atoms with E-state index in [-0.39, 0.29) is 6.04 Å². The fourth-order valence-electron chi connectivity index (χ4n) is 1.88. The summed E-state index contributed by atoms with van der Waals surface area (Å²) in [6, 6.07) is 4.24. The van der Waals surface area contributed by atoms with Gasteiger partial charge >= 0.3 is 0 Å². The summed E-state index contributed by atoms with van der Waals surface area (Å²) in [6.45, 7) is 4.13.